The van der Waals surface area contributed by atoms with Crippen molar-refractivity contribution in [3.05, 3.63) is 16.3 Å². The molecule has 4 nitrogen and oxygen atoms in total. The van der Waals surface area contributed by atoms with Gasteiger partial charge in [-0.1, -0.05) is 6.92 Å². The molecule has 2 aromatic heterocycles. The second kappa shape index (κ2) is 6.99. The Morgan fingerprint density at radius 3 is 2.70 bits per heavy atom. The number of fused-ring (bicyclic) bond motifs is 1. The Labute approximate surface area is 124 Å². The maximum Gasteiger partial charge on any atom is 0.138 e. The van der Waals surface area contributed by atoms with E-state index in [4.69, 9.17) is 4.74 Å². The molecule has 110 valence electrons. The van der Waals surface area contributed by atoms with Crippen molar-refractivity contribution in [2.75, 3.05) is 25.1 Å². The molecule has 2 aromatic rings. The van der Waals surface area contributed by atoms with Crippen LogP contribution < -0.4 is 5.32 Å². The lowest BCUT2D eigenvalue weighted by atomic mass is 10.2. The number of hydrogen-bond acceptors (Lipinski definition) is 5. The van der Waals surface area contributed by atoms with Crippen molar-refractivity contribution in [2.45, 2.75) is 40.5 Å². The topological polar surface area (TPSA) is 47.0 Å². The Morgan fingerprint density at radius 2 is 2.00 bits per heavy atom. The summed E-state index contributed by atoms with van der Waals surface area (Å²) in [6.45, 7) is 10.9. The Morgan fingerprint density at radius 1 is 1.20 bits per heavy atom. The highest BCUT2D eigenvalue weighted by Crippen LogP contribution is 2.33. The van der Waals surface area contributed by atoms with E-state index < -0.39 is 0 Å². The monoisotopic (exact) mass is 293 g/mol. The van der Waals surface area contributed by atoms with Crippen LogP contribution in [0.15, 0.2) is 0 Å². The quantitative estimate of drug-likeness (QED) is 0.791. The van der Waals surface area contributed by atoms with Crippen molar-refractivity contribution in [3.8, 4) is 0 Å². The average molecular weight is 293 g/mol. The van der Waals surface area contributed by atoms with Crippen molar-refractivity contribution in [1.82, 2.24) is 9.97 Å². The number of anilines is 1. The molecule has 0 radical (unpaired) electrons. The summed E-state index contributed by atoms with van der Waals surface area (Å²) >= 11 is 1.75. The second-order valence-corrected chi connectivity index (χ2v) is 5.99. The molecule has 0 aliphatic rings. The van der Waals surface area contributed by atoms with E-state index in [1.807, 2.05) is 6.92 Å². The Kier molecular flexibility index (Phi) is 5.31. The number of aryl methyl sites for hydroxylation is 3. The van der Waals surface area contributed by atoms with Crippen molar-refractivity contribution in [3.63, 3.8) is 0 Å². The Bertz CT molecular complexity index is 580. The van der Waals surface area contributed by atoms with Gasteiger partial charge >= 0.3 is 0 Å². The SMILES string of the molecule is CCOCCCNc1nc(CC)nc2sc(C)c(C)c12. The smallest absolute Gasteiger partial charge is 0.138 e. The molecule has 0 atom stereocenters. The molecule has 0 fully saturated rings. The van der Waals surface area contributed by atoms with Crippen LogP contribution in [0.3, 0.4) is 0 Å². The first-order valence-electron chi connectivity index (χ1n) is 7.25. The maximum atomic E-state index is 5.36. The summed E-state index contributed by atoms with van der Waals surface area (Å²) in [5, 5.41) is 4.63. The molecular weight excluding hydrogens is 270 g/mol. The normalized spacial score (nSPS) is 11.2. The van der Waals surface area contributed by atoms with Crippen molar-refractivity contribution in [2.24, 2.45) is 0 Å². The molecule has 0 saturated carbocycles. The molecule has 20 heavy (non-hydrogen) atoms. The van der Waals surface area contributed by atoms with Crippen LogP contribution in [-0.2, 0) is 11.2 Å². The number of nitrogens with one attached hydrogen (secondary N) is 1. The van der Waals surface area contributed by atoms with Gasteiger partial charge in [0.05, 0.1) is 5.39 Å². The summed E-state index contributed by atoms with van der Waals surface area (Å²) in [5.41, 5.74) is 1.29. The number of hydrogen-bond donors (Lipinski definition) is 1. The van der Waals surface area contributed by atoms with Crippen LogP contribution in [0, 0.1) is 13.8 Å². The molecule has 0 bridgehead atoms. The van der Waals surface area contributed by atoms with Crippen LogP contribution in [-0.4, -0.2) is 29.7 Å². The third-order valence-corrected chi connectivity index (χ3v) is 4.45. The summed E-state index contributed by atoms with van der Waals surface area (Å²) in [7, 11) is 0. The van der Waals surface area contributed by atoms with Crippen LogP contribution in [0.5, 0.6) is 0 Å². The number of aromatic nitrogens is 2. The minimum Gasteiger partial charge on any atom is -0.382 e. The van der Waals surface area contributed by atoms with Crippen molar-refractivity contribution in [1.29, 1.82) is 0 Å². The van der Waals surface area contributed by atoms with Gasteiger partial charge in [-0.05, 0) is 32.8 Å². The highest BCUT2D eigenvalue weighted by atomic mass is 32.1. The van der Waals surface area contributed by atoms with E-state index >= 15 is 0 Å². The fourth-order valence-electron chi connectivity index (χ4n) is 2.11. The molecule has 1 N–H and O–H groups in total. The largest absolute Gasteiger partial charge is 0.382 e. The highest BCUT2D eigenvalue weighted by molar-refractivity contribution is 7.18. The summed E-state index contributed by atoms with van der Waals surface area (Å²) in [6, 6.07) is 0. The predicted octanol–water partition coefficient (Wildman–Crippen LogP) is 3.71. The highest BCUT2D eigenvalue weighted by Gasteiger charge is 2.13. The first-order chi connectivity index (χ1) is 9.67. The molecule has 0 aliphatic carbocycles. The minimum atomic E-state index is 0.778. The number of thiophene rings is 1. The zero-order valence-corrected chi connectivity index (χ0v) is 13.6. The van der Waals surface area contributed by atoms with Crippen molar-refractivity contribution >= 4 is 27.4 Å². The minimum absolute atomic E-state index is 0.778. The van der Waals surface area contributed by atoms with Crippen LogP contribution in [0.4, 0.5) is 5.82 Å². The first kappa shape index (κ1) is 15.2. The summed E-state index contributed by atoms with van der Waals surface area (Å²) in [5.74, 6) is 1.89. The van der Waals surface area contributed by atoms with Gasteiger partial charge in [-0.25, -0.2) is 9.97 Å². The molecule has 0 spiro atoms. The lowest BCUT2D eigenvalue weighted by Gasteiger charge is -2.09. The molecule has 0 aliphatic heterocycles. The predicted molar refractivity (Wildman–Crippen MR) is 85.9 cm³/mol. The van der Waals surface area contributed by atoms with Gasteiger partial charge in [0.15, 0.2) is 0 Å². The van der Waals surface area contributed by atoms with Gasteiger partial charge in [-0.3, -0.25) is 0 Å². The molecular formula is C15H23N3OS. The van der Waals surface area contributed by atoms with Gasteiger partial charge in [-0.15, -0.1) is 11.3 Å². The maximum absolute atomic E-state index is 5.36. The van der Waals surface area contributed by atoms with E-state index in [2.05, 4.69) is 36.1 Å². The third kappa shape index (κ3) is 3.27. The van der Waals surface area contributed by atoms with Gasteiger partial charge in [0.1, 0.15) is 16.5 Å². The van der Waals surface area contributed by atoms with Crippen LogP contribution >= 0.6 is 11.3 Å². The summed E-state index contributed by atoms with van der Waals surface area (Å²) < 4.78 is 5.36. The van der Waals surface area contributed by atoms with E-state index in [0.717, 1.165) is 49.1 Å². The lowest BCUT2D eigenvalue weighted by Crippen LogP contribution is -2.09. The molecule has 2 heterocycles. The molecule has 0 saturated heterocycles. The molecule has 0 unspecified atom stereocenters. The lowest BCUT2D eigenvalue weighted by molar-refractivity contribution is 0.147. The van der Waals surface area contributed by atoms with Crippen LogP contribution in [0.2, 0.25) is 0 Å². The summed E-state index contributed by atoms with van der Waals surface area (Å²) in [4.78, 5) is 11.7. The van der Waals surface area contributed by atoms with E-state index in [-0.39, 0.29) is 0 Å². The second-order valence-electron chi connectivity index (χ2n) is 4.78. The Hall–Kier alpha value is -1.20. The molecule has 0 amide bonds. The molecule has 5 heteroatoms. The van der Waals surface area contributed by atoms with E-state index in [0.29, 0.717) is 0 Å². The van der Waals surface area contributed by atoms with Gasteiger partial charge in [-0.2, -0.15) is 0 Å². The first-order valence-corrected chi connectivity index (χ1v) is 8.07. The standard InChI is InChI=1S/C15H23N3OS/c1-5-12-17-14(16-8-7-9-19-6-2)13-10(3)11(4)20-15(13)18-12/h5-9H2,1-4H3,(H,16,17,18). The fourth-order valence-corrected chi connectivity index (χ4v) is 3.15. The fraction of sp³-hybridized carbons (Fsp3) is 0.600. The number of rotatable bonds is 7. The van der Waals surface area contributed by atoms with E-state index in [1.165, 1.54) is 15.8 Å². The Balaban J connectivity index is 2.21. The van der Waals surface area contributed by atoms with Crippen molar-refractivity contribution < 1.29 is 4.74 Å². The number of ether oxygens (including phenoxy) is 1. The third-order valence-electron chi connectivity index (χ3n) is 3.35. The zero-order valence-electron chi connectivity index (χ0n) is 12.7. The van der Waals surface area contributed by atoms with Gasteiger partial charge in [0.2, 0.25) is 0 Å². The van der Waals surface area contributed by atoms with E-state index in [9.17, 15) is 0 Å². The van der Waals surface area contributed by atoms with Gasteiger partial charge in [0, 0.05) is 31.1 Å². The van der Waals surface area contributed by atoms with Crippen LogP contribution in [0.1, 0.15) is 36.5 Å². The van der Waals surface area contributed by atoms with Gasteiger partial charge < -0.3 is 10.1 Å². The molecule has 0 aromatic carbocycles. The number of nitrogens with zero attached hydrogens (tertiary/aromatic N) is 2. The van der Waals surface area contributed by atoms with Crippen LogP contribution in [0.25, 0.3) is 10.2 Å². The average Bonchev–Trinajstić information content (AvgIpc) is 2.73. The molecule has 2 rings (SSSR count). The summed E-state index contributed by atoms with van der Waals surface area (Å²) in [6.07, 6.45) is 1.85. The van der Waals surface area contributed by atoms with E-state index in [1.54, 1.807) is 11.3 Å². The van der Waals surface area contributed by atoms with Gasteiger partial charge in [0.25, 0.3) is 0 Å². The zero-order chi connectivity index (χ0) is 14.5.